The van der Waals surface area contributed by atoms with Gasteiger partial charge in [0.2, 0.25) is 0 Å². The van der Waals surface area contributed by atoms with E-state index in [1.54, 1.807) is 25.3 Å². The van der Waals surface area contributed by atoms with E-state index in [2.05, 4.69) is 22.6 Å². The van der Waals surface area contributed by atoms with E-state index in [0.29, 0.717) is 18.8 Å². The molecule has 1 rings (SSSR count). The minimum Gasteiger partial charge on any atom is -0.490 e. The normalized spacial score (nSPS) is 9.86. The minimum atomic E-state index is 0.521. The van der Waals surface area contributed by atoms with E-state index in [-0.39, 0.29) is 0 Å². The summed E-state index contributed by atoms with van der Waals surface area (Å²) in [6.07, 6.45) is 0.821. The molecule has 4 heteroatoms. The number of hydrogen-bond acceptors (Lipinski definition) is 3. The fourth-order valence-electron chi connectivity index (χ4n) is 0.942. The SMILES string of the molecule is COCCOc1ccc(C=O)cc1I. The standard InChI is InChI=1S/C10H11IO3/c1-13-4-5-14-10-3-2-8(7-12)6-9(10)11/h2-3,6-7H,4-5H2,1H3. The zero-order valence-corrected chi connectivity index (χ0v) is 9.98. The Bertz CT molecular complexity index is 312. The summed E-state index contributed by atoms with van der Waals surface area (Å²) in [6, 6.07) is 5.31. The second-order valence-electron chi connectivity index (χ2n) is 2.65. The number of halogens is 1. The molecule has 0 saturated heterocycles. The number of aldehydes is 1. The van der Waals surface area contributed by atoms with Crippen molar-refractivity contribution in [1.82, 2.24) is 0 Å². The average Bonchev–Trinajstić information content (AvgIpc) is 2.20. The third-order valence-electron chi connectivity index (χ3n) is 1.64. The molecule has 1 aromatic carbocycles. The lowest BCUT2D eigenvalue weighted by atomic mass is 10.2. The summed E-state index contributed by atoms with van der Waals surface area (Å²) in [5.41, 5.74) is 0.661. The number of benzene rings is 1. The van der Waals surface area contributed by atoms with E-state index in [1.165, 1.54) is 0 Å². The maximum atomic E-state index is 10.5. The molecule has 0 fully saturated rings. The summed E-state index contributed by atoms with van der Waals surface area (Å²) in [5.74, 6) is 0.785. The van der Waals surface area contributed by atoms with Gasteiger partial charge >= 0.3 is 0 Å². The van der Waals surface area contributed by atoms with Crippen LogP contribution in [0.25, 0.3) is 0 Å². The van der Waals surface area contributed by atoms with Gasteiger partial charge in [0, 0.05) is 12.7 Å². The summed E-state index contributed by atoms with van der Waals surface area (Å²) in [5, 5.41) is 0. The summed E-state index contributed by atoms with van der Waals surface area (Å²) < 4.78 is 11.2. The molecule has 0 spiro atoms. The highest BCUT2D eigenvalue weighted by Gasteiger charge is 2.01. The van der Waals surface area contributed by atoms with Crippen LogP contribution in [0.1, 0.15) is 10.4 Å². The van der Waals surface area contributed by atoms with Gasteiger partial charge in [0.05, 0.1) is 10.2 Å². The van der Waals surface area contributed by atoms with E-state index in [9.17, 15) is 4.79 Å². The summed E-state index contributed by atoms with van der Waals surface area (Å²) >= 11 is 2.14. The fourth-order valence-corrected chi connectivity index (χ4v) is 1.64. The molecular weight excluding hydrogens is 295 g/mol. The second kappa shape index (κ2) is 5.98. The van der Waals surface area contributed by atoms with Crippen LogP contribution >= 0.6 is 22.6 Å². The number of rotatable bonds is 5. The Kier molecular flexibility index (Phi) is 4.89. The number of carbonyl (C=O) groups excluding carboxylic acids is 1. The van der Waals surface area contributed by atoms with E-state index in [0.717, 1.165) is 15.6 Å². The maximum absolute atomic E-state index is 10.5. The first-order valence-electron chi connectivity index (χ1n) is 4.14. The molecular formula is C10H11IO3. The highest BCUT2D eigenvalue weighted by molar-refractivity contribution is 14.1. The van der Waals surface area contributed by atoms with Crippen molar-refractivity contribution in [2.75, 3.05) is 20.3 Å². The van der Waals surface area contributed by atoms with Gasteiger partial charge in [0.1, 0.15) is 18.6 Å². The van der Waals surface area contributed by atoms with Gasteiger partial charge in [-0.05, 0) is 40.8 Å². The lowest BCUT2D eigenvalue weighted by Crippen LogP contribution is -2.05. The van der Waals surface area contributed by atoms with Gasteiger partial charge in [-0.25, -0.2) is 0 Å². The molecule has 0 radical (unpaired) electrons. The zero-order valence-electron chi connectivity index (χ0n) is 7.83. The molecule has 0 unspecified atom stereocenters. The van der Waals surface area contributed by atoms with Crippen LogP contribution in [-0.2, 0) is 4.74 Å². The Morgan fingerprint density at radius 3 is 2.79 bits per heavy atom. The Labute approximate surface area is 96.5 Å². The van der Waals surface area contributed by atoms with Crippen LogP contribution in [0.3, 0.4) is 0 Å². The van der Waals surface area contributed by atoms with Crippen molar-refractivity contribution in [2.24, 2.45) is 0 Å². The molecule has 0 N–H and O–H groups in total. The molecule has 3 nitrogen and oxygen atoms in total. The third-order valence-corrected chi connectivity index (χ3v) is 2.48. The monoisotopic (exact) mass is 306 g/mol. The van der Waals surface area contributed by atoms with Crippen molar-refractivity contribution >= 4 is 28.9 Å². The van der Waals surface area contributed by atoms with Gasteiger partial charge < -0.3 is 9.47 Å². The van der Waals surface area contributed by atoms with Crippen molar-refractivity contribution in [3.05, 3.63) is 27.3 Å². The van der Waals surface area contributed by atoms with Crippen molar-refractivity contribution in [2.45, 2.75) is 0 Å². The van der Waals surface area contributed by atoms with Crippen LogP contribution in [0.4, 0.5) is 0 Å². The molecule has 0 atom stereocenters. The molecule has 0 heterocycles. The summed E-state index contributed by atoms with van der Waals surface area (Å²) in [6.45, 7) is 1.08. The average molecular weight is 306 g/mol. The second-order valence-corrected chi connectivity index (χ2v) is 3.81. The highest BCUT2D eigenvalue weighted by atomic mass is 127. The number of methoxy groups -OCH3 is 1. The first-order chi connectivity index (χ1) is 6.77. The predicted molar refractivity (Wildman–Crippen MR) is 61.9 cm³/mol. The first-order valence-corrected chi connectivity index (χ1v) is 5.22. The van der Waals surface area contributed by atoms with Gasteiger partial charge in [0.25, 0.3) is 0 Å². The number of hydrogen-bond donors (Lipinski definition) is 0. The molecule has 76 valence electrons. The van der Waals surface area contributed by atoms with Gasteiger partial charge in [-0.2, -0.15) is 0 Å². The van der Waals surface area contributed by atoms with Crippen LogP contribution in [0.15, 0.2) is 18.2 Å². The Morgan fingerprint density at radius 2 is 2.21 bits per heavy atom. The van der Waals surface area contributed by atoms with Crippen LogP contribution in [-0.4, -0.2) is 26.6 Å². The van der Waals surface area contributed by atoms with Gasteiger partial charge in [-0.15, -0.1) is 0 Å². The molecule has 0 aromatic heterocycles. The number of ether oxygens (including phenoxy) is 2. The van der Waals surface area contributed by atoms with E-state index < -0.39 is 0 Å². The van der Waals surface area contributed by atoms with E-state index in [1.807, 2.05) is 0 Å². The molecule has 0 aliphatic rings. The molecule has 0 saturated carbocycles. The zero-order chi connectivity index (χ0) is 10.4. The van der Waals surface area contributed by atoms with Gasteiger partial charge in [-0.3, -0.25) is 4.79 Å². The lowest BCUT2D eigenvalue weighted by molar-refractivity contribution is 0.112. The molecule has 14 heavy (non-hydrogen) atoms. The highest BCUT2D eigenvalue weighted by Crippen LogP contribution is 2.21. The quantitative estimate of drug-likeness (QED) is 0.475. The molecule has 0 aliphatic heterocycles. The van der Waals surface area contributed by atoms with E-state index >= 15 is 0 Å². The third kappa shape index (κ3) is 3.26. The smallest absolute Gasteiger partial charge is 0.150 e. The maximum Gasteiger partial charge on any atom is 0.150 e. The van der Waals surface area contributed by atoms with Crippen molar-refractivity contribution < 1.29 is 14.3 Å². The van der Waals surface area contributed by atoms with Crippen molar-refractivity contribution in [1.29, 1.82) is 0 Å². The van der Waals surface area contributed by atoms with Crippen molar-refractivity contribution in [3.63, 3.8) is 0 Å². The van der Waals surface area contributed by atoms with Crippen LogP contribution in [0.2, 0.25) is 0 Å². The van der Waals surface area contributed by atoms with Crippen LogP contribution in [0.5, 0.6) is 5.75 Å². The summed E-state index contributed by atoms with van der Waals surface area (Å²) in [4.78, 5) is 10.5. The summed E-state index contributed by atoms with van der Waals surface area (Å²) in [7, 11) is 1.63. The Hall–Kier alpha value is -0.620. The Morgan fingerprint density at radius 1 is 1.43 bits per heavy atom. The van der Waals surface area contributed by atoms with Crippen LogP contribution < -0.4 is 4.74 Å². The van der Waals surface area contributed by atoms with E-state index in [4.69, 9.17) is 9.47 Å². The fraction of sp³-hybridized carbons (Fsp3) is 0.300. The largest absolute Gasteiger partial charge is 0.490 e. The molecule has 1 aromatic rings. The predicted octanol–water partition coefficient (Wildman–Crippen LogP) is 2.13. The lowest BCUT2D eigenvalue weighted by Gasteiger charge is -2.07. The van der Waals surface area contributed by atoms with Gasteiger partial charge in [0.15, 0.2) is 0 Å². The molecule has 0 aliphatic carbocycles. The van der Waals surface area contributed by atoms with Crippen LogP contribution in [0, 0.1) is 3.57 Å². The van der Waals surface area contributed by atoms with Crippen molar-refractivity contribution in [3.8, 4) is 5.75 Å². The van der Waals surface area contributed by atoms with Gasteiger partial charge in [-0.1, -0.05) is 0 Å². The first kappa shape index (κ1) is 11.5. The molecule has 0 bridgehead atoms. The minimum absolute atomic E-state index is 0.521. The topological polar surface area (TPSA) is 35.5 Å². The number of carbonyl (C=O) groups is 1. The molecule has 0 amide bonds. The Balaban J connectivity index is 2.64.